The second-order valence-electron chi connectivity index (χ2n) is 16.7. The van der Waals surface area contributed by atoms with Crippen molar-refractivity contribution in [2.75, 3.05) is 9.62 Å². The first kappa shape index (κ1) is 32.8. The van der Waals surface area contributed by atoms with Gasteiger partial charge in [-0.3, -0.25) is 9.13 Å². The Morgan fingerprint density at radius 2 is 1.38 bits per heavy atom. The van der Waals surface area contributed by atoms with E-state index in [2.05, 4.69) is 205 Å². The molecule has 3 aliphatic heterocycles. The number of pyridine rings is 1. The molecule has 270 valence electrons. The minimum Gasteiger partial charge on any atom is -0.458 e. The molecule has 0 saturated heterocycles. The number of nitrogens with zero attached hydrogens (tertiary/aromatic N) is 5. The van der Waals surface area contributed by atoms with Crippen molar-refractivity contribution in [2.45, 2.75) is 45.4 Å². The molecular weight excluding hydrogens is 685 g/mol. The Morgan fingerprint density at radius 3 is 2.20 bits per heavy atom. The highest BCUT2D eigenvalue weighted by molar-refractivity contribution is 6.86. The number of ether oxygens (including phenoxy) is 1. The fourth-order valence-corrected chi connectivity index (χ4v) is 9.20. The van der Waals surface area contributed by atoms with Crippen LogP contribution in [0.3, 0.4) is 0 Å². The van der Waals surface area contributed by atoms with Crippen molar-refractivity contribution in [3.63, 3.8) is 0 Å². The molecule has 6 nitrogen and oxygen atoms in total. The van der Waals surface area contributed by atoms with E-state index in [0.29, 0.717) is 0 Å². The van der Waals surface area contributed by atoms with Gasteiger partial charge in [0.1, 0.15) is 17.3 Å². The third kappa shape index (κ3) is 4.70. The van der Waals surface area contributed by atoms with Crippen LogP contribution < -0.4 is 24.4 Å². The van der Waals surface area contributed by atoms with Crippen molar-refractivity contribution in [1.29, 1.82) is 0 Å². The summed E-state index contributed by atoms with van der Waals surface area (Å²) < 4.78 is 11.3. The molecule has 0 saturated carbocycles. The predicted molar refractivity (Wildman–Crippen MR) is 227 cm³/mol. The van der Waals surface area contributed by atoms with Gasteiger partial charge in [0.15, 0.2) is 0 Å². The van der Waals surface area contributed by atoms with Gasteiger partial charge in [0.2, 0.25) is 0 Å². The van der Waals surface area contributed by atoms with Gasteiger partial charge < -0.3 is 14.4 Å². The van der Waals surface area contributed by atoms with Gasteiger partial charge in [0, 0.05) is 28.9 Å². The molecule has 6 aromatic carbocycles. The van der Waals surface area contributed by atoms with E-state index in [-0.39, 0.29) is 17.8 Å². The number of rotatable bonds is 4. The number of hydrogen-bond donors (Lipinski definition) is 0. The third-order valence-electron chi connectivity index (χ3n) is 12.0. The molecule has 0 atom stereocenters. The molecule has 7 heteroatoms. The monoisotopic (exact) mass is 725 g/mol. The van der Waals surface area contributed by atoms with Gasteiger partial charge >= 0.3 is 6.98 Å². The van der Waals surface area contributed by atoms with Crippen LogP contribution in [-0.2, 0) is 10.8 Å². The van der Waals surface area contributed by atoms with Gasteiger partial charge in [0.05, 0.1) is 33.8 Å². The van der Waals surface area contributed by atoms with E-state index in [1.807, 2.05) is 6.20 Å². The average Bonchev–Trinajstić information content (AvgIpc) is 3.78. The quantitative estimate of drug-likeness (QED) is 0.103. The van der Waals surface area contributed by atoms with Crippen molar-refractivity contribution >= 4 is 46.4 Å². The van der Waals surface area contributed by atoms with Crippen molar-refractivity contribution in [1.82, 2.24) is 9.55 Å². The first-order valence-corrected chi connectivity index (χ1v) is 19.4. The predicted octanol–water partition coefficient (Wildman–Crippen LogP) is 10.5. The van der Waals surface area contributed by atoms with E-state index >= 15 is 0 Å². The molecule has 0 spiro atoms. The van der Waals surface area contributed by atoms with E-state index in [4.69, 9.17) is 9.72 Å². The van der Waals surface area contributed by atoms with Crippen molar-refractivity contribution < 1.29 is 9.30 Å². The normalized spacial score (nSPS) is 14.6. The summed E-state index contributed by atoms with van der Waals surface area (Å²) in [5, 5.41) is 0. The second-order valence-corrected chi connectivity index (χ2v) is 16.7. The lowest BCUT2D eigenvalue weighted by Gasteiger charge is -2.36. The summed E-state index contributed by atoms with van der Waals surface area (Å²) in [6.45, 7) is 11.3. The lowest BCUT2D eigenvalue weighted by molar-refractivity contribution is -0.572. The Hall–Kier alpha value is -6.60. The molecule has 0 N–H and O–H groups in total. The number of hydrogen-bond acceptors (Lipinski definition) is 4. The van der Waals surface area contributed by atoms with Gasteiger partial charge in [0.25, 0.3) is 6.33 Å². The smallest absolute Gasteiger partial charge is 0.422 e. The number of imidazole rings is 1. The van der Waals surface area contributed by atoms with Gasteiger partial charge in [-0.2, -0.15) is 0 Å². The van der Waals surface area contributed by atoms with Crippen LogP contribution in [0, 0.1) is 6.33 Å². The van der Waals surface area contributed by atoms with Crippen molar-refractivity contribution in [3.05, 3.63) is 175 Å². The maximum absolute atomic E-state index is 6.87. The van der Waals surface area contributed by atoms with E-state index in [9.17, 15) is 0 Å². The van der Waals surface area contributed by atoms with Crippen LogP contribution in [0.5, 0.6) is 11.5 Å². The minimum absolute atomic E-state index is 0.0351. The molecular formula is C49H40BN5O. The maximum Gasteiger partial charge on any atom is 0.422 e. The summed E-state index contributed by atoms with van der Waals surface area (Å²) in [6, 6.07) is 52.0. The second kappa shape index (κ2) is 11.7. The van der Waals surface area contributed by atoms with Crippen molar-refractivity contribution in [3.8, 4) is 34.0 Å². The summed E-state index contributed by atoms with van der Waals surface area (Å²) in [7, 11) is 0. The van der Waals surface area contributed by atoms with E-state index in [1.54, 1.807) is 0 Å². The zero-order valence-corrected chi connectivity index (χ0v) is 32.2. The van der Waals surface area contributed by atoms with Crippen LogP contribution in [0.4, 0.5) is 22.9 Å². The van der Waals surface area contributed by atoms with Gasteiger partial charge in [-0.1, -0.05) is 120 Å². The number of benzene rings is 6. The van der Waals surface area contributed by atoms with Crippen LogP contribution in [-0.4, -0.2) is 16.5 Å². The number of aromatic nitrogens is 3. The Balaban J connectivity index is 1.05. The summed E-state index contributed by atoms with van der Waals surface area (Å²) in [5.74, 6) is 2.44. The van der Waals surface area contributed by atoms with Crippen LogP contribution >= 0.6 is 0 Å². The maximum atomic E-state index is 6.87. The summed E-state index contributed by atoms with van der Waals surface area (Å²) in [6.07, 6.45) is 5.66. The zero-order valence-electron chi connectivity index (χ0n) is 32.2. The topological polar surface area (TPSA) is 37.4 Å². The van der Waals surface area contributed by atoms with Crippen LogP contribution in [0.25, 0.3) is 33.5 Å². The summed E-state index contributed by atoms with van der Waals surface area (Å²) >= 11 is 0. The Bertz CT molecular complexity index is 2890. The third-order valence-corrected chi connectivity index (χ3v) is 12.0. The van der Waals surface area contributed by atoms with Crippen LogP contribution in [0.15, 0.2) is 152 Å². The van der Waals surface area contributed by atoms with Crippen LogP contribution in [0.2, 0.25) is 0 Å². The standard InChI is InChI=1S/C49H40BN5O/c1-48(2,3)32-26-27-51-46(28-32)55-45-30-35(23-25-42(45)54-41-20-12-10-17-37(41)36-16-9-11-19-40(36)50(54)55)56-34-22-24-38-44(29-34)53-31-52(33-14-7-6-8-15-33)43-21-13-18-39(47(43)53)49(38,4)5/h6-30H,1-5H3. The highest BCUT2D eigenvalue weighted by Crippen LogP contribution is 2.52. The Labute approximate surface area is 328 Å². The SMILES string of the molecule is CC(C)(C)c1ccnc(N2B3c4ccccc4-c4ccccc4N3c3ccc(Oc4ccc5c(c4)-n4[c-][n+](-c6ccccc6)c6cccc(c64)C5(C)C)cc32)c1. The molecule has 11 rings (SSSR count). The molecule has 0 radical (unpaired) electrons. The fraction of sp³-hybridized carbons (Fsp3) is 0.143. The molecule has 0 aliphatic carbocycles. The first-order valence-electron chi connectivity index (χ1n) is 19.4. The lowest BCUT2D eigenvalue weighted by Crippen LogP contribution is -2.55. The molecule has 3 aliphatic rings. The van der Waals surface area contributed by atoms with E-state index in [1.165, 1.54) is 44.5 Å². The van der Waals surface area contributed by atoms with E-state index < -0.39 is 0 Å². The van der Waals surface area contributed by atoms with Gasteiger partial charge in [-0.05, 0) is 87.7 Å². The molecule has 8 aromatic rings. The Morgan fingerprint density at radius 1 is 0.643 bits per heavy atom. The molecule has 5 heterocycles. The molecule has 0 fully saturated rings. The number of para-hydroxylation sites is 3. The highest BCUT2D eigenvalue weighted by Gasteiger charge is 2.48. The number of fused-ring (bicyclic) bond motifs is 10. The van der Waals surface area contributed by atoms with Crippen LogP contribution in [0.1, 0.15) is 51.3 Å². The lowest BCUT2D eigenvalue weighted by atomic mass is 9.59. The fourth-order valence-electron chi connectivity index (χ4n) is 9.20. The summed E-state index contributed by atoms with van der Waals surface area (Å²) in [4.78, 5) is 9.90. The zero-order chi connectivity index (χ0) is 37.9. The molecule has 0 bridgehead atoms. The van der Waals surface area contributed by atoms with E-state index in [0.717, 1.165) is 45.6 Å². The van der Waals surface area contributed by atoms with Crippen molar-refractivity contribution in [2.24, 2.45) is 0 Å². The van der Waals surface area contributed by atoms with Gasteiger partial charge in [-0.15, -0.1) is 0 Å². The Kier molecular flexibility index (Phi) is 6.86. The molecule has 0 amide bonds. The van der Waals surface area contributed by atoms with Gasteiger partial charge in [-0.25, -0.2) is 4.98 Å². The molecule has 56 heavy (non-hydrogen) atoms. The largest absolute Gasteiger partial charge is 0.458 e. The number of anilines is 4. The summed E-state index contributed by atoms with van der Waals surface area (Å²) in [5.41, 5.74) is 15.0. The molecule has 0 unspecified atom stereocenters. The molecule has 2 aromatic heterocycles. The average molecular weight is 726 g/mol. The minimum atomic E-state index is -0.218. The highest BCUT2D eigenvalue weighted by atomic mass is 16.5. The first-order chi connectivity index (χ1) is 27.2.